The average Bonchev–Trinajstić information content (AvgIpc) is 3.26. The van der Waals surface area contributed by atoms with Crippen LogP contribution in [0, 0.1) is 0 Å². The lowest BCUT2D eigenvalue weighted by molar-refractivity contribution is -0.305. The van der Waals surface area contributed by atoms with E-state index < -0.39 is 55.4 Å². The van der Waals surface area contributed by atoms with Gasteiger partial charge in [-0.15, -0.1) is 0 Å². The Morgan fingerprint density at radius 2 is 1.00 bits per heavy atom. The summed E-state index contributed by atoms with van der Waals surface area (Å²) in [5.74, 6) is -0.942. The van der Waals surface area contributed by atoms with Crippen LogP contribution >= 0.6 is 0 Å². The van der Waals surface area contributed by atoms with Crippen molar-refractivity contribution in [3.63, 3.8) is 0 Å². The molecule has 0 bridgehead atoms. The molecule has 0 spiro atoms. The highest BCUT2D eigenvalue weighted by Gasteiger charge is 2.44. The Labute approximate surface area is 368 Å². The molecule has 1 aliphatic heterocycles. The van der Waals surface area contributed by atoms with E-state index >= 15 is 0 Å². The second-order valence-electron chi connectivity index (χ2n) is 15.1. The number of ether oxygens (including phenoxy) is 4. The van der Waals surface area contributed by atoms with E-state index in [0.29, 0.717) is 12.8 Å². The highest BCUT2D eigenvalue weighted by atomic mass is 16.7. The molecule has 1 heterocycles. The van der Waals surface area contributed by atoms with Crippen LogP contribution in [0.15, 0.2) is 109 Å². The highest BCUT2D eigenvalue weighted by Crippen LogP contribution is 2.22. The van der Waals surface area contributed by atoms with Gasteiger partial charge in [-0.25, -0.2) is 0 Å². The van der Waals surface area contributed by atoms with Crippen molar-refractivity contribution in [3.05, 3.63) is 109 Å². The van der Waals surface area contributed by atoms with Crippen LogP contribution in [-0.4, -0.2) is 89.0 Å². The zero-order chi connectivity index (χ0) is 44.4. The van der Waals surface area contributed by atoms with E-state index in [0.717, 1.165) is 83.5 Å². The quantitative estimate of drug-likeness (QED) is 0.0272. The molecule has 0 saturated carbocycles. The minimum atomic E-state index is -1.62. The zero-order valence-corrected chi connectivity index (χ0v) is 37.4. The Morgan fingerprint density at radius 1 is 0.525 bits per heavy atom. The Morgan fingerprint density at radius 3 is 1.51 bits per heavy atom. The molecule has 344 valence electrons. The summed E-state index contributed by atoms with van der Waals surface area (Å²) in [5.41, 5.74) is 0. The van der Waals surface area contributed by atoms with Gasteiger partial charge in [-0.2, -0.15) is 0 Å². The van der Waals surface area contributed by atoms with Gasteiger partial charge in [-0.3, -0.25) is 9.59 Å². The first kappa shape index (κ1) is 55.4. The van der Waals surface area contributed by atoms with Crippen molar-refractivity contribution in [2.24, 2.45) is 0 Å². The van der Waals surface area contributed by atoms with Gasteiger partial charge >= 0.3 is 11.9 Å². The van der Waals surface area contributed by atoms with Crippen LogP contribution in [0.2, 0.25) is 0 Å². The first-order chi connectivity index (χ1) is 29.8. The van der Waals surface area contributed by atoms with Crippen LogP contribution in [0.4, 0.5) is 0 Å². The number of hydrogen-bond acceptors (Lipinski definition) is 10. The molecule has 2 unspecified atom stereocenters. The van der Waals surface area contributed by atoms with E-state index in [4.69, 9.17) is 18.9 Å². The number of hydrogen-bond donors (Lipinski definition) is 4. The van der Waals surface area contributed by atoms with Gasteiger partial charge in [0.1, 0.15) is 31.0 Å². The lowest BCUT2D eigenvalue weighted by Gasteiger charge is -2.39. The monoisotopic (exact) mass is 853 g/mol. The molecule has 1 saturated heterocycles. The smallest absolute Gasteiger partial charge is 0.306 e. The van der Waals surface area contributed by atoms with E-state index in [1.807, 2.05) is 12.2 Å². The molecule has 61 heavy (non-hydrogen) atoms. The molecular weight excluding hydrogens is 773 g/mol. The molecule has 0 radical (unpaired) electrons. The predicted octanol–water partition coefficient (Wildman–Crippen LogP) is 10.1. The second kappa shape index (κ2) is 40.4. The molecule has 0 aromatic rings. The average molecular weight is 853 g/mol. The van der Waals surface area contributed by atoms with Crippen molar-refractivity contribution in [2.45, 2.75) is 179 Å². The molecule has 1 fully saturated rings. The molecule has 0 aromatic carbocycles. The fraction of sp³-hybridized carbons (Fsp3) is 0.608. The molecule has 0 amide bonds. The second-order valence-corrected chi connectivity index (χ2v) is 15.1. The fourth-order valence-electron chi connectivity index (χ4n) is 6.04. The summed E-state index contributed by atoms with van der Waals surface area (Å²) >= 11 is 0. The molecule has 0 aromatic heterocycles. The Kier molecular flexibility index (Phi) is 36.7. The first-order valence-corrected chi connectivity index (χ1v) is 23.0. The van der Waals surface area contributed by atoms with Crippen LogP contribution in [0.25, 0.3) is 0 Å². The summed E-state index contributed by atoms with van der Waals surface area (Å²) in [7, 11) is 0. The number of unbranched alkanes of at least 4 members (excludes halogenated alkanes) is 7. The van der Waals surface area contributed by atoms with Gasteiger partial charge in [-0.1, -0.05) is 149 Å². The van der Waals surface area contributed by atoms with Crippen molar-refractivity contribution < 1.29 is 49.0 Å². The van der Waals surface area contributed by atoms with Crippen LogP contribution in [0.3, 0.4) is 0 Å². The molecule has 4 N–H and O–H groups in total. The highest BCUT2D eigenvalue weighted by molar-refractivity contribution is 5.70. The molecule has 6 atom stereocenters. The lowest BCUT2D eigenvalue weighted by atomic mass is 9.99. The van der Waals surface area contributed by atoms with Crippen LogP contribution in [0.1, 0.15) is 142 Å². The summed E-state index contributed by atoms with van der Waals surface area (Å²) in [4.78, 5) is 25.3. The first-order valence-electron chi connectivity index (χ1n) is 23.0. The summed E-state index contributed by atoms with van der Waals surface area (Å²) in [6.07, 6.45) is 48.1. The number of aliphatic hydroxyl groups excluding tert-OH is 4. The topological polar surface area (TPSA) is 152 Å². The van der Waals surface area contributed by atoms with Crippen molar-refractivity contribution >= 4 is 11.9 Å². The summed E-state index contributed by atoms with van der Waals surface area (Å²) in [6, 6.07) is 0. The fourth-order valence-corrected chi connectivity index (χ4v) is 6.04. The van der Waals surface area contributed by atoms with Crippen molar-refractivity contribution in [1.82, 2.24) is 0 Å². The number of allylic oxidation sites excluding steroid dienone is 18. The third-order valence-corrected chi connectivity index (χ3v) is 9.66. The molecule has 10 nitrogen and oxygen atoms in total. The SMILES string of the molecule is CC/C=C/C/C=C/C/C=C/C/C=C/C/C=C/C/C=C/CCC(=O)OC[C@@H](CO[C@H]1O[C@@H](CO)[C@@H](O)C(O)C1O)OC(=O)CCCCCC/C=C/C/C=C/C/C=C/CCCCC. The van der Waals surface area contributed by atoms with E-state index in [2.05, 4.69) is 111 Å². The number of carbonyl (C=O) groups is 2. The minimum Gasteiger partial charge on any atom is -0.462 e. The van der Waals surface area contributed by atoms with Crippen LogP contribution in [-0.2, 0) is 28.5 Å². The van der Waals surface area contributed by atoms with E-state index in [9.17, 15) is 30.0 Å². The van der Waals surface area contributed by atoms with Gasteiger partial charge in [0, 0.05) is 12.8 Å². The normalized spacial score (nSPS) is 20.8. The van der Waals surface area contributed by atoms with Crippen molar-refractivity contribution in [1.29, 1.82) is 0 Å². The van der Waals surface area contributed by atoms with E-state index in [1.165, 1.54) is 19.3 Å². The third-order valence-electron chi connectivity index (χ3n) is 9.66. The van der Waals surface area contributed by atoms with Gasteiger partial charge in [0.2, 0.25) is 0 Å². The maximum absolute atomic E-state index is 12.8. The van der Waals surface area contributed by atoms with Gasteiger partial charge in [0.15, 0.2) is 12.4 Å². The molecule has 1 rings (SSSR count). The molecule has 0 aliphatic carbocycles. The van der Waals surface area contributed by atoms with Crippen LogP contribution < -0.4 is 0 Å². The molecular formula is C51H80O10. The number of esters is 2. The Bertz CT molecular complexity index is 1350. The number of aliphatic hydroxyl groups is 4. The Balaban J connectivity index is 2.41. The maximum atomic E-state index is 12.8. The van der Waals surface area contributed by atoms with Gasteiger partial charge in [-0.05, 0) is 89.9 Å². The predicted molar refractivity (Wildman–Crippen MR) is 247 cm³/mol. The van der Waals surface area contributed by atoms with Gasteiger partial charge in [0.05, 0.1) is 13.2 Å². The van der Waals surface area contributed by atoms with Crippen LogP contribution in [0.5, 0.6) is 0 Å². The lowest BCUT2D eigenvalue weighted by Crippen LogP contribution is -2.59. The maximum Gasteiger partial charge on any atom is 0.306 e. The zero-order valence-electron chi connectivity index (χ0n) is 37.4. The summed E-state index contributed by atoms with van der Waals surface area (Å²) < 4.78 is 22.1. The standard InChI is InChI=1S/C51H80O10/c1-3-5-7-9-11-13-15-17-19-21-22-24-25-27-29-31-33-35-37-39-46(53)58-42-44(43-59-51-50(57)49(56)48(55)45(41-52)61-51)60-47(54)40-38-36-34-32-30-28-26-23-20-18-16-14-12-10-8-6-4-2/h5,7,11-14,17-20,22,24,26-29,33,35,44-45,48-52,55-57H,3-4,6,8-10,15-16,21,23,25,30-32,34,36-43H2,1-2H3/b7-5+,13-11+,14-12+,19-17+,20-18+,24-22+,28-26+,29-27+,35-33+/t44-,45-,48+,49?,50?,51-/m0/s1. The largest absolute Gasteiger partial charge is 0.462 e. The molecule has 10 heteroatoms. The number of carbonyl (C=O) groups excluding carboxylic acids is 2. The van der Waals surface area contributed by atoms with Crippen molar-refractivity contribution in [3.8, 4) is 0 Å². The van der Waals surface area contributed by atoms with E-state index in [1.54, 1.807) is 0 Å². The summed E-state index contributed by atoms with van der Waals surface area (Å²) in [5, 5.41) is 40.1. The minimum absolute atomic E-state index is 0.138. The van der Waals surface area contributed by atoms with Crippen molar-refractivity contribution in [2.75, 3.05) is 19.8 Å². The number of rotatable bonds is 36. The van der Waals surface area contributed by atoms with Gasteiger partial charge < -0.3 is 39.4 Å². The Hall–Kier alpha value is -3.64. The third kappa shape index (κ3) is 31.8. The molecule has 1 aliphatic rings. The van der Waals surface area contributed by atoms with E-state index in [-0.39, 0.29) is 26.1 Å². The van der Waals surface area contributed by atoms with Gasteiger partial charge in [0.25, 0.3) is 0 Å². The summed E-state index contributed by atoms with van der Waals surface area (Å²) in [6.45, 7) is 3.16.